The highest BCUT2D eigenvalue weighted by molar-refractivity contribution is 5.88. The Morgan fingerprint density at radius 2 is 1.95 bits per heavy atom. The van der Waals surface area contributed by atoms with Gasteiger partial charge in [0, 0.05) is 5.69 Å². The number of carbonyl (C=O) groups is 1. The van der Waals surface area contributed by atoms with Crippen LogP contribution >= 0.6 is 0 Å². The minimum atomic E-state index is -0.365. The second-order valence-electron chi connectivity index (χ2n) is 4.26. The zero-order valence-corrected chi connectivity index (χ0v) is 11.9. The first-order chi connectivity index (χ1) is 10.2. The molecule has 0 spiro atoms. The van der Waals surface area contributed by atoms with E-state index in [1.807, 2.05) is 25.1 Å². The lowest BCUT2D eigenvalue weighted by Crippen LogP contribution is -2.32. The fraction of sp³-hybridized carbons (Fsp3) is 0.200. The van der Waals surface area contributed by atoms with Crippen LogP contribution < -0.4 is 20.1 Å². The number of carbonyl (C=O) groups excluding carboxylic acids is 1. The van der Waals surface area contributed by atoms with E-state index in [0.29, 0.717) is 17.2 Å². The number of nitrogens with one attached hydrogen (secondary N) is 2. The van der Waals surface area contributed by atoms with E-state index in [9.17, 15) is 4.79 Å². The molecule has 0 fully saturated rings. The number of hydrogen-bond donors (Lipinski definition) is 2. The van der Waals surface area contributed by atoms with Crippen LogP contribution in [0.4, 0.5) is 10.5 Å². The first-order valence-corrected chi connectivity index (χ1v) is 6.42. The topological polar surface area (TPSA) is 72.5 Å². The smallest absolute Gasteiger partial charge is 0.321 e. The number of amides is 2. The van der Waals surface area contributed by atoms with E-state index in [-0.39, 0.29) is 12.8 Å². The van der Waals surface area contributed by atoms with Crippen LogP contribution in [-0.2, 0) is 0 Å². The summed E-state index contributed by atoms with van der Waals surface area (Å²) in [5.41, 5.74) is 1.51. The van der Waals surface area contributed by atoms with Crippen molar-refractivity contribution in [3.8, 4) is 11.5 Å². The molecule has 1 aromatic heterocycles. The number of aromatic nitrogens is 1. The Hall–Kier alpha value is -2.76. The molecule has 2 rings (SSSR count). The number of aryl methyl sites for hydroxylation is 1. The Balaban J connectivity index is 1.80. The van der Waals surface area contributed by atoms with E-state index in [1.165, 1.54) is 0 Å². The number of rotatable bonds is 5. The molecule has 0 saturated carbocycles. The number of ether oxygens (including phenoxy) is 2. The molecule has 0 saturated heterocycles. The maximum Gasteiger partial charge on any atom is 0.321 e. The molecular weight excluding hydrogens is 270 g/mol. The normalized spacial score (nSPS) is 9.81. The van der Waals surface area contributed by atoms with Crippen molar-refractivity contribution < 1.29 is 14.3 Å². The second-order valence-corrected chi connectivity index (χ2v) is 4.26. The third-order valence-electron chi connectivity index (χ3n) is 2.70. The van der Waals surface area contributed by atoms with Gasteiger partial charge in [-0.05, 0) is 31.2 Å². The van der Waals surface area contributed by atoms with Gasteiger partial charge in [-0.15, -0.1) is 0 Å². The SMILES string of the molecule is COc1ccccc1OCNC(=O)Nc1ccc(C)nc1. The minimum absolute atomic E-state index is 0.0332. The van der Waals surface area contributed by atoms with E-state index >= 15 is 0 Å². The molecule has 110 valence electrons. The van der Waals surface area contributed by atoms with E-state index < -0.39 is 0 Å². The monoisotopic (exact) mass is 287 g/mol. The van der Waals surface area contributed by atoms with Crippen LogP contribution in [0.1, 0.15) is 5.69 Å². The zero-order chi connectivity index (χ0) is 15.1. The van der Waals surface area contributed by atoms with E-state index in [4.69, 9.17) is 9.47 Å². The van der Waals surface area contributed by atoms with E-state index in [2.05, 4.69) is 15.6 Å². The summed E-state index contributed by atoms with van der Waals surface area (Å²) < 4.78 is 10.6. The number of methoxy groups -OCH3 is 1. The van der Waals surface area contributed by atoms with E-state index in [0.717, 1.165) is 5.69 Å². The third kappa shape index (κ3) is 4.38. The summed E-state index contributed by atoms with van der Waals surface area (Å²) in [6.07, 6.45) is 1.59. The number of para-hydroxylation sites is 2. The van der Waals surface area contributed by atoms with E-state index in [1.54, 1.807) is 31.5 Å². The van der Waals surface area contributed by atoms with Crippen LogP contribution in [0.25, 0.3) is 0 Å². The number of nitrogens with zero attached hydrogens (tertiary/aromatic N) is 1. The van der Waals surface area contributed by atoms with Crippen LogP contribution in [0, 0.1) is 6.92 Å². The van der Waals surface area contributed by atoms with Gasteiger partial charge in [0.25, 0.3) is 0 Å². The molecule has 0 unspecified atom stereocenters. The van der Waals surface area contributed by atoms with Gasteiger partial charge >= 0.3 is 6.03 Å². The van der Waals surface area contributed by atoms with Gasteiger partial charge in [-0.2, -0.15) is 0 Å². The highest BCUT2D eigenvalue weighted by atomic mass is 16.5. The third-order valence-corrected chi connectivity index (χ3v) is 2.70. The number of hydrogen-bond acceptors (Lipinski definition) is 4. The number of benzene rings is 1. The average Bonchev–Trinajstić information content (AvgIpc) is 2.50. The zero-order valence-electron chi connectivity index (χ0n) is 11.9. The maximum absolute atomic E-state index is 11.7. The highest BCUT2D eigenvalue weighted by Crippen LogP contribution is 2.25. The van der Waals surface area contributed by atoms with Gasteiger partial charge in [0.05, 0.1) is 19.0 Å². The lowest BCUT2D eigenvalue weighted by Gasteiger charge is -2.11. The molecule has 0 radical (unpaired) electrons. The Morgan fingerprint density at radius 3 is 2.62 bits per heavy atom. The Labute approximate surface area is 123 Å². The van der Waals surface area contributed by atoms with Crippen molar-refractivity contribution in [2.24, 2.45) is 0 Å². The summed E-state index contributed by atoms with van der Waals surface area (Å²) in [4.78, 5) is 15.8. The molecule has 1 aromatic carbocycles. The van der Waals surface area contributed by atoms with Gasteiger partial charge in [-0.3, -0.25) is 4.98 Å². The number of anilines is 1. The predicted molar refractivity (Wildman–Crippen MR) is 79.6 cm³/mol. The molecule has 6 nitrogen and oxygen atoms in total. The van der Waals surface area contributed by atoms with Crippen molar-refractivity contribution >= 4 is 11.7 Å². The molecule has 2 amide bonds. The fourth-order valence-electron chi connectivity index (χ4n) is 1.63. The summed E-state index contributed by atoms with van der Waals surface area (Å²) in [5.74, 6) is 1.18. The van der Waals surface area contributed by atoms with Crippen LogP contribution in [0.5, 0.6) is 11.5 Å². The Kier molecular flexibility index (Phi) is 4.98. The maximum atomic E-state index is 11.7. The van der Waals surface area contributed by atoms with Crippen LogP contribution in [0.2, 0.25) is 0 Å². The van der Waals surface area contributed by atoms with Gasteiger partial charge in [0.15, 0.2) is 18.2 Å². The van der Waals surface area contributed by atoms with Crippen LogP contribution in [-0.4, -0.2) is 24.9 Å². The first-order valence-electron chi connectivity index (χ1n) is 6.42. The highest BCUT2D eigenvalue weighted by Gasteiger charge is 2.04. The summed E-state index contributed by atoms with van der Waals surface area (Å²) in [6.45, 7) is 1.91. The van der Waals surface area contributed by atoms with Crippen LogP contribution in [0.3, 0.4) is 0 Å². The van der Waals surface area contributed by atoms with Gasteiger partial charge < -0.3 is 20.1 Å². The van der Waals surface area contributed by atoms with Crippen molar-refractivity contribution in [3.63, 3.8) is 0 Å². The van der Waals surface area contributed by atoms with Crippen molar-refractivity contribution in [1.29, 1.82) is 0 Å². The minimum Gasteiger partial charge on any atom is -0.493 e. The van der Waals surface area contributed by atoms with Gasteiger partial charge in [0.1, 0.15) is 0 Å². The standard InChI is InChI=1S/C15H17N3O3/c1-11-7-8-12(9-16-11)18-15(19)17-10-21-14-6-4-3-5-13(14)20-2/h3-9H,10H2,1-2H3,(H2,17,18,19). The molecule has 2 N–H and O–H groups in total. The molecule has 21 heavy (non-hydrogen) atoms. The van der Waals surface area contributed by atoms with Crippen molar-refractivity contribution in [2.75, 3.05) is 19.2 Å². The number of urea groups is 1. The summed E-state index contributed by atoms with van der Waals surface area (Å²) in [7, 11) is 1.56. The largest absolute Gasteiger partial charge is 0.493 e. The number of pyridine rings is 1. The van der Waals surface area contributed by atoms with Crippen molar-refractivity contribution in [1.82, 2.24) is 10.3 Å². The molecular formula is C15H17N3O3. The van der Waals surface area contributed by atoms with Gasteiger partial charge in [-0.1, -0.05) is 12.1 Å². The molecule has 1 heterocycles. The molecule has 0 aliphatic heterocycles. The molecule has 0 aliphatic rings. The molecule has 0 atom stereocenters. The molecule has 0 aliphatic carbocycles. The van der Waals surface area contributed by atoms with Crippen molar-refractivity contribution in [3.05, 3.63) is 48.3 Å². The van der Waals surface area contributed by atoms with Crippen molar-refractivity contribution in [2.45, 2.75) is 6.92 Å². The van der Waals surface area contributed by atoms with Crippen LogP contribution in [0.15, 0.2) is 42.6 Å². The lowest BCUT2D eigenvalue weighted by atomic mass is 10.3. The Bertz CT molecular complexity index is 599. The fourth-order valence-corrected chi connectivity index (χ4v) is 1.63. The lowest BCUT2D eigenvalue weighted by molar-refractivity contribution is 0.231. The molecule has 0 bridgehead atoms. The Morgan fingerprint density at radius 1 is 1.19 bits per heavy atom. The summed E-state index contributed by atoms with van der Waals surface area (Å²) in [6, 6.07) is 10.5. The quantitative estimate of drug-likeness (QED) is 0.829. The molecule has 2 aromatic rings. The first kappa shape index (κ1) is 14.6. The molecule has 6 heteroatoms. The van der Waals surface area contributed by atoms with Gasteiger partial charge in [-0.25, -0.2) is 4.79 Å². The van der Waals surface area contributed by atoms with Gasteiger partial charge in [0.2, 0.25) is 0 Å². The summed E-state index contributed by atoms with van der Waals surface area (Å²) >= 11 is 0. The summed E-state index contributed by atoms with van der Waals surface area (Å²) in [5, 5.41) is 5.25. The predicted octanol–water partition coefficient (Wildman–Crippen LogP) is 2.56. The second kappa shape index (κ2) is 7.14. The average molecular weight is 287 g/mol.